The number of nitrogens with one attached hydrogen (secondary N) is 1. The Morgan fingerprint density at radius 1 is 1.50 bits per heavy atom. The van der Waals surface area contributed by atoms with Crippen molar-refractivity contribution in [1.82, 2.24) is 9.59 Å². The van der Waals surface area contributed by atoms with Crippen LogP contribution >= 0.6 is 11.5 Å². The molecule has 16 heavy (non-hydrogen) atoms. The lowest BCUT2D eigenvalue weighted by atomic mass is 10.2. The molecule has 0 radical (unpaired) electrons. The molecule has 0 aliphatic heterocycles. The van der Waals surface area contributed by atoms with E-state index in [1.807, 2.05) is 0 Å². The highest BCUT2D eigenvalue weighted by molar-refractivity contribution is 7.03. The summed E-state index contributed by atoms with van der Waals surface area (Å²) >= 11 is 1.11. The van der Waals surface area contributed by atoms with Gasteiger partial charge in [0, 0.05) is 17.1 Å². The Kier molecular flexibility index (Phi) is 2.82. The van der Waals surface area contributed by atoms with Crippen LogP contribution in [0.3, 0.4) is 0 Å². The maximum Gasteiger partial charge on any atom is 0.277 e. The van der Waals surface area contributed by atoms with Gasteiger partial charge < -0.3 is 10.4 Å². The summed E-state index contributed by atoms with van der Waals surface area (Å²) in [6.45, 7) is 1.78. The first kappa shape index (κ1) is 10.6. The summed E-state index contributed by atoms with van der Waals surface area (Å²) in [5.74, 6) is -0.189. The Labute approximate surface area is 95.9 Å². The molecular weight excluding hydrogens is 226 g/mol. The summed E-state index contributed by atoms with van der Waals surface area (Å²) in [6.07, 6.45) is 0. The summed E-state index contributed by atoms with van der Waals surface area (Å²) in [7, 11) is 0. The number of aromatic nitrogens is 2. The molecule has 0 saturated carbocycles. The van der Waals surface area contributed by atoms with Crippen molar-refractivity contribution in [2.75, 3.05) is 5.32 Å². The van der Waals surface area contributed by atoms with E-state index in [1.54, 1.807) is 24.4 Å². The van der Waals surface area contributed by atoms with Crippen molar-refractivity contribution >= 4 is 23.1 Å². The van der Waals surface area contributed by atoms with E-state index in [-0.39, 0.29) is 17.4 Å². The van der Waals surface area contributed by atoms with Gasteiger partial charge in [-0.25, -0.2) is 0 Å². The third kappa shape index (κ3) is 2.17. The molecule has 82 valence electrons. The fourth-order valence-corrected chi connectivity index (χ4v) is 1.58. The van der Waals surface area contributed by atoms with Crippen molar-refractivity contribution < 1.29 is 9.90 Å². The molecule has 0 spiro atoms. The van der Waals surface area contributed by atoms with Crippen LogP contribution in [0.1, 0.15) is 16.1 Å². The van der Waals surface area contributed by atoms with Gasteiger partial charge >= 0.3 is 0 Å². The summed E-state index contributed by atoms with van der Waals surface area (Å²) in [5, 5.41) is 17.3. The van der Waals surface area contributed by atoms with Gasteiger partial charge in [0.05, 0.1) is 0 Å². The highest BCUT2D eigenvalue weighted by atomic mass is 32.1. The first-order valence-electron chi connectivity index (χ1n) is 4.55. The van der Waals surface area contributed by atoms with Crippen LogP contribution in [-0.2, 0) is 0 Å². The molecule has 0 aliphatic rings. The SMILES string of the molecule is Cc1ccc(NC(=O)c2csnn2)cc1O. The number of carbonyl (C=O) groups is 1. The molecule has 1 aromatic heterocycles. The number of aromatic hydroxyl groups is 1. The van der Waals surface area contributed by atoms with Gasteiger partial charge in [0.1, 0.15) is 5.75 Å². The molecule has 5 nitrogen and oxygen atoms in total. The van der Waals surface area contributed by atoms with Crippen molar-refractivity contribution in [1.29, 1.82) is 0 Å². The van der Waals surface area contributed by atoms with Gasteiger partial charge in [0.2, 0.25) is 0 Å². The zero-order chi connectivity index (χ0) is 11.5. The van der Waals surface area contributed by atoms with E-state index in [4.69, 9.17) is 0 Å². The number of phenols is 1. The Morgan fingerprint density at radius 2 is 2.31 bits per heavy atom. The highest BCUT2D eigenvalue weighted by Gasteiger charge is 2.09. The predicted molar refractivity (Wildman–Crippen MR) is 60.7 cm³/mol. The number of rotatable bonds is 2. The van der Waals surface area contributed by atoms with Crippen LogP contribution in [0.4, 0.5) is 5.69 Å². The van der Waals surface area contributed by atoms with Crippen molar-refractivity contribution in [2.24, 2.45) is 0 Å². The third-order valence-corrected chi connectivity index (χ3v) is 2.56. The van der Waals surface area contributed by atoms with Gasteiger partial charge in [-0.05, 0) is 30.1 Å². The molecule has 0 bridgehead atoms. The molecule has 1 heterocycles. The molecule has 2 rings (SSSR count). The van der Waals surface area contributed by atoms with E-state index in [0.717, 1.165) is 17.1 Å². The topological polar surface area (TPSA) is 75.1 Å². The molecule has 1 aromatic carbocycles. The molecule has 2 N–H and O–H groups in total. The fourth-order valence-electron chi connectivity index (χ4n) is 1.15. The van der Waals surface area contributed by atoms with Gasteiger partial charge in [0.25, 0.3) is 5.91 Å². The number of anilines is 1. The molecule has 1 amide bonds. The second kappa shape index (κ2) is 4.28. The van der Waals surface area contributed by atoms with E-state index >= 15 is 0 Å². The Morgan fingerprint density at radius 3 is 2.94 bits per heavy atom. The molecular formula is C10H9N3O2S. The van der Waals surface area contributed by atoms with Gasteiger partial charge in [-0.3, -0.25) is 4.79 Å². The lowest BCUT2D eigenvalue weighted by Crippen LogP contribution is -2.12. The van der Waals surface area contributed by atoms with Crippen LogP contribution in [-0.4, -0.2) is 20.6 Å². The summed E-state index contributed by atoms with van der Waals surface area (Å²) in [4.78, 5) is 11.6. The van der Waals surface area contributed by atoms with Crippen LogP contribution in [0, 0.1) is 6.92 Å². The average Bonchev–Trinajstić information content (AvgIpc) is 2.77. The number of hydrogen-bond donors (Lipinski definition) is 2. The highest BCUT2D eigenvalue weighted by Crippen LogP contribution is 2.21. The lowest BCUT2D eigenvalue weighted by Gasteiger charge is -2.04. The van der Waals surface area contributed by atoms with E-state index in [2.05, 4.69) is 14.9 Å². The summed E-state index contributed by atoms with van der Waals surface area (Å²) in [6, 6.07) is 4.93. The average molecular weight is 235 g/mol. The second-order valence-electron chi connectivity index (χ2n) is 3.25. The molecule has 0 unspecified atom stereocenters. The minimum Gasteiger partial charge on any atom is -0.508 e. The Hall–Kier alpha value is -1.95. The van der Waals surface area contributed by atoms with Crippen molar-refractivity contribution in [3.8, 4) is 5.75 Å². The van der Waals surface area contributed by atoms with Crippen molar-refractivity contribution in [3.63, 3.8) is 0 Å². The zero-order valence-corrected chi connectivity index (χ0v) is 9.28. The first-order valence-corrected chi connectivity index (χ1v) is 5.38. The van der Waals surface area contributed by atoms with Gasteiger partial charge in [-0.15, -0.1) is 5.10 Å². The summed E-state index contributed by atoms with van der Waals surface area (Å²) in [5.41, 5.74) is 1.56. The molecule has 6 heteroatoms. The number of carbonyl (C=O) groups excluding carboxylic acids is 1. The van der Waals surface area contributed by atoms with E-state index < -0.39 is 0 Å². The van der Waals surface area contributed by atoms with Crippen LogP contribution in [0.25, 0.3) is 0 Å². The minimum atomic E-state index is -0.336. The standard InChI is InChI=1S/C10H9N3O2S/c1-6-2-3-7(4-9(6)14)11-10(15)8-5-16-13-12-8/h2-5,14H,1H3,(H,11,15). The third-order valence-electron chi connectivity index (χ3n) is 2.06. The zero-order valence-electron chi connectivity index (χ0n) is 8.47. The molecule has 0 fully saturated rings. The van der Waals surface area contributed by atoms with E-state index in [0.29, 0.717) is 5.69 Å². The minimum absolute atomic E-state index is 0.147. The molecule has 0 atom stereocenters. The maximum atomic E-state index is 11.6. The number of aryl methyl sites for hydroxylation is 1. The molecule has 0 aliphatic carbocycles. The first-order chi connectivity index (χ1) is 7.66. The van der Waals surface area contributed by atoms with Gasteiger partial charge in [-0.2, -0.15) is 0 Å². The predicted octanol–water partition coefficient (Wildman–Crippen LogP) is 1.80. The van der Waals surface area contributed by atoms with E-state index in [9.17, 15) is 9.90 Å². The Balaban J connectivity index is 2.15. The molecule has 0 saturated heterocycles. The number of amides is 1. The number of phenolic OH excluding ortho intramolecular Hbond substituents is 1. The maximum absolute atomic E-state index is 11.6. The van der Waals surface area contributed by atoms with Gasteiger partial charge in [-0.1, -0.05) is 10.6 Å². The van der Waals surface area contributed by atoms with Gasteiger partial charge in [0.15, 0.2) is 5.69 Å². The van der Waals surface area contributed by atoms with Crippen LogP contribution in [0.2, 0.25) is 0 Å². The molecule has 2 aromatic rings. The van der Waals surface area contributed by atoms with Crippen molar-refractivity contribution in [3.05, 3.63) is 34.8 Å². The number of nitrogens with zero attached hydrogens (tertiary/aromatic N) is 2. The largest absolute Gasteiger partial charge is 0.508 e. The number of benzene rings is 1. The lowest BCUT2D eigenvalue weighted by molar-refractivity contribution is 0.102. The van der Waals surface area contributed by atoms with E-state index in [1.165, 1.54) is 6.07 Å². The smallest absolute Gasteiger partial charge is 0.277 e. The quantitative estimate of drug-likeness (QED) is 0.832. The monoisotopic (exact) mass is 235 g/mol. The van der Waals surface area contributed by atoms with Crippen molar-refractivity contribution in [2.45, 2.75) is 6.92 Å². The fraction of sp³-hybridized carbons (Fsp3) is 0.100. The second-order valence-corrected chi connectivity index (χ2v) is 3.86. The number of hydrogen-bond acceptors (Lipinski definition) is 5. The van der Waals surface area contributed by atoms with Crippen LogP contribution in [0.5, 0.6) is 5.75 Å². The normalized spacial score (nSPS) is 10.1. The van der Waals surface area contributed by atoms with Crippen LogP contribution in [0.15, 0.2) is 23.6 Å². The van der Waals surface area contributed by atoms with Crippen LogP contribution < -0.4 is 5.32 Å². The Bertz CT molecular complexity index is 511. The summed E-state index contributed by atoms with van der Waals surface area (Å²) < 4.78 is 3.60.